The van der Waals surface area contributed by atoms with Crippen molar-refractivity contribution in [2.75, 3.05) is 7.05 Å². The number of non-ortho nitro benzene ring substituents is 1. The molecule has 0 spiro atoms. The maximum atomic E-state index is 12.5. The van der Waals surface area contributed by atoms with Crippen molar-refractivity contribution in [3.63, 3.8) is 0 Å². The van der Waals surface area contributed by atoms with Gasteiger partial charge >= 0.3 is 0 Å². The third kappa shape index (κ3) is 1.69. The van der Waals surface area contributed by atoms with Gasteiger partial charge in [-0.2, -0.15) is 0 Å². The van der Waals surface area contributed by atoms with E-state index >= 15 is 0 Å². The smallest absolute Gasteiger partial charge is 0.269 e. The van der Waals surface area contributed by atoms with Crippen LogP contribution in [-0.4, -0.2) is 40.5 Å². The number of amides is 2. The number of rotatable bonds is 2. The first kappa shape index (κ1) is 14.6. The Morgan fingerprint density at radius 1 is 1.12 bits per heavy atom. The van der Waals surface area contributed by atoms with Crippen LogP contribution < -0.4 is 0 Å². The zero-order chi connectivity index (χ0) is 17.5. The van der Waals surface area contributed by atoms with Crippen LogP contribution in [0.4, 0.5) is 5.69 Å². The summed E-state index contributed by atoms with van der Waals surface area (Å²) in [6.45, 7) is 0. The van der Waals surface area contributed by atoms with Crippen molar-refractivity contribution in [3.8, 4) is 0 Å². The van der Waals surface area contributed by atoms with Crippen LogP contribution in [0.25, 0.3) is 0 Å². The van der Waals surface area contributed by atoms with Crippen molar-refractivity contribution in [1.82, 2.24) is 4.90 Å². The van der Waals surface area contributed by atoms with E-state index in [1.807, 2.05) is 0 Å². The Bertz CT molecular complexity index is 848. The summed E-state index contributed by atoms with van der Waals surface area (Å²) in [5.74, 6) is -0.748. The number of fused-ring (bicyclic) bond motifs is 8. The molecule has 1 aromatic carbocycles. The lowest BCUT2D eigenvalue weighted by atomic mass is 9.71. The van der Waals surface area contributed by atoms with E-state index in [4.69, 9.17) is 4.84 Å². The minimum atomic E-state index is -0.444. The maximum Gasteiger partial charge on any atom is 0.269 e. The highest BCUT2D eigenvalue weighted by atomic mass is 16.6. The highest BCUT2D eigenvalue weighted by Gasteiger charge is 2.69. The molecule has 1 saturated heterocycles. The number of oxime groups is 1. The van der Waals surface area contributed by atoms with Crippen molar-refractivity contribution in [2.45, 2.75) is 12.5 Å². The van der Waals surface area contributed by atoms with Crippen LogP contribution in [0.3, 0.4) is 0 Å². The van der Waals surface area contributed by atoms with E-state index < -0.39 is 4.92 Å². The molecular weight excluding hydrogens is 326 g/mol. The van der Waals surface area contributed by atoms with Gasteiger partial charge in [0.25, 0.3) is 5.69 Å². The Morgan fingerprint density at radius 2 is 1.76 bits per heavy atom. The van der Waals surface area contributed by atoms with E-state index in [0.29, 0.717) is 0 Å². The van der Waals surface area contributed by atoms with E-state index in [1.165, 1.54) is 17.0 Å². The first-order chi connectivity index (χ1) is 12.0. The minimum Gasteiger partial charge on any atom is -0.391 e. The summed E-state index contributed by atoms with van der Waals surface area (Å²) >= 11 is 0. The van der Waals surface area contributed by atoms with Crippen molar-refractivity contribution >= 4 is 23.2 Å². The molecule has 4 aliphatic rings. The molecule has 2 aliphatic heterocycles. The molecule has 5 rings (SSSR count). The van der Waals surface area contributed by atoms with Crippen molar-refractivity contribution < 1.29 is 19.3 Å². The van der Waals surface area contributed by atoms with Crippen LogP contribution in [0.2, 0.25) is 0 Å². The number of carbonyl (C=O) groups excluding carboxylic acids is 2. The molecule has 0 N–H and O–H groups in total. The Hall–Kier alpha value is -2.77. The highest BCUT2D eigenvalue weighted by molar-refractivity contribution is 6.08. The van der Waals surface area contributed by atoms with E-state index in [2.05, 4.69) is 5.16 Å². The summed E-state index contributed by atoms with van der Waals surface area (Å²) in [4.78, 5) is 42.1. The number of nitrogens with zero attached hydrogens (tertiary/aromatic N) is 3. The van der Waals surface area contributed by atoms with Gasteiger partial charge < -0.3 is 4.84 Å². The number of nitro benzene ring substituents is 1. The Balaban J connectivity index is 1.49. The number of hydrogen-bond donors (Lipinski definition) is 0. The van der Waals surface area contributed by atoms with Crippen LogP contribution >= 0.6 is 0 Å². The number of nitro groups is 1. The lowest BCUT2D eigenvalue weighted by molar-refractivity contribution is -0.384. The van der Waals surface area contributed by atoms with Gasteiger partial charge in [0, 0.05) is 36.6 Å². The predicted molar refractivity (Wildman–Crippen MR) is 84.4 cm³/mol. The summed E-state index contributed by atoms with van der Waals surface area (Å²) in [7, 11) is 1.55. The average Bonchev–Trinajstić information content (AvgIpc) is 3.33. The molecule has 8 heteroatoms. The highest BCUT2D eigenvalue weighted by Crippen LogP contribution is 2.61. The molecule has 2 bridgehead atoms. The van der Waals surface area contributed by atoms with Gasteiger partial charge in [-0.15, -0.1) is 0 Å². The van der Waals surface area contributed by atoms with Crippen LogP contribution in [0.15, 0.2) is 29.4 Å². The largest absolute Gasteiger partial charge is 0.391 e. The van der Waals surface area contributed by atoms with Gasteiger partial charge in [-0.25, -0.2) is 0 Å². The first-order valence-electron chi connectivity index (χ1n) is 8.29. The average molecular weight is 341 g/mol. The summed E-state index contributed by atoms with van der Waals surface area (Å²) in [6, 6.07) is 6.22. The van der Waals surface area contributed by atoms with Crippen LogP contribution in [0.5, 0.6) is 0 Å². The van der Waals surface area contributed by atoms with Crippen molar-refractivity contribution in [1.29, 1.82) is 0 Å². The predicted octanol–water partition coefficient (Wildman–Crippen LogP) is 1.19. The molecule has 0 unspecified atom stereocenters. The molecule has 2 aliphatic carbocycles. The van der Waals surface area contributed by atoms with Crippen LogP contribution in [0, 0.1) is 39.7 Å². The van der Waals surface area contributed by atoms with Gasteiger partial charge in [0.05, 0.1) is 22.5 Å². The fourth-order valence-corrected chi connectivity index (χ4v) is 5.27. The molecule has 2 saturated carbocycles. The molecule has 6 atom stereocenters. The Kier molecular flexibility index (Phi) is 2.71. The van der Waals surface area contributed by atoms with Gasteiger partial charge in [-0.3, -0.25) is 24.6 Å². The summed E-state index contributed by atoms with van der Waals surface area (Å²) in [5, 5.41) is 15.0. The minimum absolute atomic E-state index is 0.0145. The lowest BCUT2D eigenvalue weighted by Gasteiger charge is -2.29. The van der Waals surface area contributed by atoms with Gasteiger partial charge in [0.15, 0.2) is 0 Å². The van der Waals surface area contributed by atoms with Gasteiger partial charge in [-0.1, -0.05) is 5.16 Å². The molecule has 2 amide bonds. The number of likely N-dealkylation sites (tertiary alicyclic amines) is 1. The SMILES string of the molecule is CN1C(=O)[C@@H]2[C@H]3C[C@@H]([C@H]4ON=C(c5ccc([N+](=O)[O-])cc5)[C@@H]34)[C@H]2C1=O. The lowest BCUT2D eigenvalue weighted by Crippen LogP contribution is -2.41. The standard InChI is InChI=1S/C17H15N3O5/c1-19-16(21)11-9-6-10(12(11)17(19)22)15-13(9)14(18-25-15)7-2-4-8(5-3-7)20(23)24/h2-5,9-13,15H,6H2,1H3/t9-,10-,11-,12-,13-,15-/m1/s1. The Labute approximate surface area is 142 Å². The molecule has 0 radical (unpaired) electrons. The number of carbonyl (C=O) groups is 2. The maximum absolute atomic E-state index is 12.5. The fraction of sp³-hybridized carbons (Fsp3) is 0.471. The second-order valence-corrected chi connectivity index (χ2v) is 7.23. The van der Waals surface area contributed by atoms with Crippen molar-refractivity contribution in [2.24, 2.45) is 34.7 Å². The first-order valence-corrected chi connectivity index (χ1v) is 8.29. The molecule has 3 fully saturated rings. The third-order valence-corrected chi connectivity index (χ3v) is 6.28. The zero-order valence-electron chi connectivity index (χ0n) is 13.4. The van der Waals surface area contributed by atoms with Gasteiger partial charge in [0.1, 0.15) is 6.10 Å². The van der Waals surface area contributed by atoms with E-state index in [9.17, 15) is 19.7 Å². The second-order valence-electron chi connectivity index (χ2n) is 7.23. The summed E-state index contributed by atoms with van der Waals surface area (Å²) < 4.78 is 0. The second kappa shape index (κ2) is 4.65. The zero-order valence-corrected chi connectivity index (χ0v) is 13.4. The third-order valence-electron chi connectivity index (χ3n) is 6.28. The summed E-state index contributed by atoms with van der Waals surface area (Å²) in [5.41, 5.74) is 1.53. The normalized spacial score (nSPS) is 37.8. The Morgan fingerprint density at radius 3 is 2.40 bits per heavy atom. The molecule has 0 aromatic heterocycles. The molecule has 1 aromatic rings. The fourth-order valence-electron chi connectivity index (χ4n) is 5.27. The molecule has 128 valence electrons. The van der Waals surface area contributed by atoms with Crippen LogP contribution in [-0.2, 0) is 14.4 Å². The monoisotopic (exact) mass is 341 g/mol. The molecule has 2 heterocycles. The quantitative estimate of drug-likeness (QED) is 0.457. The number of benzene rings is 1. The van der Waals surface area contributed by atoms with E-state index in [-0.39, 0.29) is 53.2 Å². The van der Waals surface area contributed by atoms with E-state index in [1.54, 1.807) is 19.2 Å². The number of hydrogen-bond acceptors (Lipinski definition) is 6. The van der Waals surface area contributed by atoms with E-state index in [0.717, 1.165) is 17.7 Å². The number of imide groups is 1. The van der Waals surface area contributed by atoms with Gasteiger partial charge in [0.2, 0.25) is 11.8 Å². The summed E-state index contributed by atoms with van der Waals surface area (Å²) in [6.07, 6.45) is 0.613. The molecular formula is C17H15N3O5. The van der Waals surface area contributed by atoms with Crippen LogP contribution in [0.1, 0.15) is 12.0 Å². The molecule has 25 heavy (non-hydrogen) atoms. The topological polar surface area (TPSA) is 102 Å². The molecule has 8 nitrogen and oxygen atoms in total. The van der Waals surface area contributed by atoms with Crippen molar-refractivity contribution in [3.05, 3.63) is 39.9 Å². The van der Waals surface area contributed by atoms with Gasteiger partial charge in [-0.05, 0) is 24.5 Å².